The second-order valence-electron chi connectivity index (χ2n) is 6.02. The Morgan fingerprint density at radius 3 is 2.88 bits per heavy atom. The van der Waals surface area contributed by atoms with E-state index in [1.54, 1.807) is 11.8 Å². The summed E-state index contributed by atoms with van der Waals surface area (Å²) < 4.78 is 21.3. The molecule has 1 aliphatic heterocycles. The molecule has 2 aromatic rings. The quantitative estimate of drug-likeness (QED) is 0.676. The van der Waals surface area contributed by atoms with Crippen molar-refractivity contribution in [1.29, 1.82) is 0 Å². The highest BCUT2D eigenvalue weighted by atomic mass is 19.1. The predicted molar refractivity (Wildman–Crippen MR) is 90.1 cm³/mol. The van der Waals surface area contributed by atoms with Crippen molar-refractivity contribution in [3.05, 3.63) is 24.9 Å². The third kappa shape index (κ3) is 2.86. The molecule has 5 N–H and O–H groups in total. The zero-order valence-electron chi connectivity index (χ0n) is 14.1. The maximum absolute atomic E-state index is 14.5. The van der Waals surface area contributed by atoms with Crippen molar-refractivity contribution in [3.63, 3.8) is 0 Å². The van der Waals surface area contributed by atoms with Gasteiger partial charge in [-0.15, -0.1) is 0 Å². The number of halogens is 1. The average Bonchev–Trinajstić information content (AvgIpc) is 3.11. The fourth-order valence-electron chi connectivity index (χ4n) is 2.84. The van der Waals surface area contributed by atoms with E-state index >= 15 is 0 Å². The predicted octanol–water partition coefficient (Wildman–Crippen LogP) is -0.188. The summed E-state index contributed by atoms with van der Waals surface area (Å²) in [6, 6.07) is 0. The Bertz CT molecular complexity index is 782. The number of rotatable bonds is 5. The molecule has 1 saturated heterocycles. The van der Waals surface area contributed by atoms with Crippen molar-refractivity contribution in [3.8, 4) is 0 Å². The highest BCUT2D eigenvalue weighted by molar-refractivity contribution is 5.83. The van der Waals surface area contributed by atoms with Crippen LogP contribution >= 0.6 is 0 Å². The summed E-state index contributed by atoms with van der Waals surface area (Å²) in [4.78, 5) is 14.4. The van der Waals surface area contributed by atoms with Gasteiger partial charge in [0.05, 0.1) is 6.10 Å². The summed E-state index contributed by atoms with van der Waals surface area (Å²) in [6.45, 7) is 2.10. The monoisotopic (exact) mass is 351 g/mol. The van der Waals surface area contributed by atoms with Gasteiger partial charge in [0.1, 0.15) is 18.8 Å². The number of alkyl halides is 1. The molecule has 0 spiro atoms. The lowest BCUT2D eigenvalue weighted by Gasteiger charge is -2.27. The number of hydrogen-bond acceptors (Lipinski definition) is 8. The highest BCUT2D eigenvalue weighted by Crippen LogP contribution is 2.35. The lowest BCUT2D eigenvalue weighted by Crippen LogP contribution is -2.50. The number of imidazole rings is 1. The first-order valence-electron chi connectivity index (χ1n) is 7.97. The molecule has 4 atom stereocenters. The Kier molecular flexibility index (Phi) is 4.69. The summed E-state index contributed by atoms with van der Waals surface area (Å²) in [6.07, 6.45) is 3.25. The van der Waals surface area contributed by atoms with Crippen LogP contribution in [0.5, 0.6) is 0 Å². The molecule has 0 aromatic carbocycles. The average molecular weight is 351 g/mol. The van der Waals surface area contributed by atoms with Crippen LogP contribution in [0.2, 0.25) is 0 Å². The molecular weight excluding hydrogens is 329 g/mol. The number of aliphatic hydroxyl groups is 1. The van der Waals surface area contributed by atoms with Crippen LogP contribution in [0.3, 0.4) is 0 Å². The number of ether oxygens (including phenoxy) is 1. The Morgan fingerprint density at radius 1 is 1.48 bits per heavy atom. The fraction of sp³-hybridized carbons (Fsp3) is 0.533. The maximum atomic E-state index is 14.5. The number of nitrogens with two attached hydrogens (primary N) is 2. The molecule has 1 fully saturated rings. The van der Waals surface area contributed by atoms with E-state index in [1.807, 2.05) is 19.3 Å². The van der Waals surface area contributed by atoms with Crippen LogP contribution in [0.15, 0.2) is 24.9 Å². The summed E-state index contributed by atoms with van der Waals surface area (Å²) in [5, 5.41) is 9.86. The van der Waals surface area contributed by atoms with Crippen LogP contribution in [0.25, 0.3) is 11.2 Å². The van der Waals surface area contributed by atoms with Gasteiger partial charge < -0.3 is 20.5 Å². The summed E-state index contributed by atoms with van der Waals surface area (Å²) in [5.74, 6) is -1.35. The smallest absolute Gasteiger partial charge is 0.237 e. The Balaban J connectivity index is 2.02. The first-order chi connectivity index (χ1) is 11.9. The molecule has 3 rings (SSSR count). The zero-order valence-corrected chi connectivity index (χ0v) is 14.1. The Hall–Kier alpha value is -2.14. The van der Waals surface area contributed by atoms with Gasteiger partial charge in [-0.1, -0.05) is 6.08 Å². The molecule has 25 heavy (non-hydrogen) atoms. The SMILES string of the molecule is C[C@H]1O[C@@](N)(n2cnc3c(N(C)C=CCCN)ncnc32)[C@@H](F)[C@@H]1O. The van der Waals surface area contributed by atoms with Gasteiger partial charge >= 0.3 is 0 Å². The Morgan fingerprint density at radius 2 is 2.24 bits per heavy atom. The molecule has 1 aliphatic rings. The van der Waals surface area contributed by atoms with Crippen LogP contribution in [-0.4, -0.2) is 56.6 Å². The van der Waals surface area contributed by atoms with Crippen molar-refractivity contribution in [2.24, 2.45) is 11.5 Å². The van der Waals surface area contributed by atoms with Crippen molar-refractivity contribution >= 4 is 17.0 Å². The third-order valence-electron chi connectivity index (χ3n) is 4.24. The number of anilines is 1. The summed E-state index contributed by atoms with van der Waals surface area (Å²) in [5.41, 5.74) is 12.3. The largest absolute Gasteiger partial charge is 0.387 e. The van der Waals surface area contributed by atoms with Crippen LogP contribution in [0.4, 0.5) is 10.2 Å². The second kappa shape index (κ2) is 6.64. The van der Waals surface area contributed by atoms with Gasteiger partial charge in [-0.2, -0.15) is 0 Å². The van der Waals surface area contributed by atoms with E-state index in [2.05, 4.69) is 15.0 Å². The van der Waals surface area contributed by atoms with Crippen LogP contribution in [-0.2, 0) is 10.6 Å². The standard InChI is InChI=1S/C15H22FN7O2/c1-9-11(24)12(16)15(18,25-9)23-8-21-10-13(19-7-20-14(10)23)22(2)6-4-3-5-17/h4,6-9,11-12,24H,3,5,17-18H2,1-2H3/t9-,11-,12+,15+/m1/s1. The molecule has 0 radical (unpaired) electrons. The van der Waals surface area contributed by atoms with E-state index < -0.39 is 24.2 Å². The number of fused-ring (bicyclic) bond motifs is 1. The van der Waals surface area contributed by atoms with Gasteiger partial charge in [0, 0.05) is 13.2 Å². The second-order valence-corrected chi connectivity index (χ2v) is 6.02. The molecule has 0 amide bonds. The van der Waals surface area contributed by atoms with Crippen molar-refractivity contribution in [1.82, 2.24) is 19.5 Å². The number of aliphatic hydroxyl groups excluding tert-OH is 1. The number of aromatic nitrogens is 4. The molecule has 10 heteroatoms. The van der Waals surface area contributed by atoms with Crippen LogP contribution in [0, 0.1) is 0 Å². The van der Waals surface area contributed by atoms with Gasteiger partial charge in [-0.25, -0.2) is 19.3 Å². The number of hydrogen-bond donors (Lipinski definition) is 3. The number of nitrogens with zero attached hydrogens (tertiary/aromatic N) is 5. The summed E-state index contributed by atoms with van der Waals surface area (Å²) in [7, 11) is 1.81. The van der Waals surface area contributed by atoms with Crippen molar-refractivity contribution in [2.45, 2.75) is 37.6 Å². The van der Waals surface area contributed by atoms with Crippen LogP contribution < -0.4 is 16.4 Å². The molecule has 3 heterocycles. The fourth-order valence-corrected chi connectivity index (χ4v) is 2.84. The minimum Gasteiger partial charge on any atom is -0.387 e. The van der Waals surface area contributed by atoms with E-state index in [9.17, 15) is 9.50 Å². The van der Waals surface area contributed by atoms with Crippen LogP contribution in [0.1, 0.15) is 13.3 Å². The first kappa shape index (κ1) is 17.7. The molecular formula is C15H22FN7O2. The van der Waals surface area contributed by atoms with Gasteiger partial charge in [0.2, 0.25) is 5.85 Å². The normalized spacial score (nSPS) is 29.8. The van der Waals surface area contributed by atoms with Crippen molar-refractivity contribution in [2.75, 3.05) is 18.5 Å². The zero-order chi connectivity index (χ0) is 18.2. The molecule has 0 saturated carbocycles. The van der Waals surface area contributed by atoms with Gasteiger partial charge in [0.25, 0.3) is 0 Å². The summed E-state index contributed by atoms with van der Waals surface area (Å²) >= 11 is 0. The van der Waals surface area contributed by atoms with E-state index in [1.165, 1.54) is 17.2 Å². The maximum Gasteiger partial charge on any atom is 0.237 e. The third-order valence-corrected chi connectivity index (χ3v) is 4.24. The minimum absolute atomic E-state index is 0.315. The lowest BCUT2D eigenvalue weighted by atomic mass is 10.1. The minimum atomic E-state index is -1.88. The topological polar surface area (TPSA) is 128 Å². The molecule has 136 valence electrons. The van der Waals surface area contributed by atoms with Gasteiger partial charge in [-0.3, -0.25) is 10.3 Å². The molecule has 0 unspecified atom stereocenters. The molecule has 2 aromatic heterocycles. The van der Waals surface area contributed by atoms with E-state index in [0.29, 0.717) is 23.5 Å². The van der Waals surface area contributed by atoms with Gasteiger partial charge in [0.15, 0.2) is 23.2 Å². The van der Waals surface area contributed by atoms with E-state index in [4.69, 9.17) is 16.2 Å². The first-order valence-corrected chi connectivity index (χ1v) is 7.97. The molecule has 0 aliphatic carbocycles. The lowest BCUT2D eigenvalue weighted by molar-refractivity contribution is -0.113. The van der Waals surface area contributed by atoms with E-state index in [0.717, 1.165) is 6.42 Å². The molecule has 0 bridgehead atoms. The Labute approximate surface area is 144 Å². The van der Waals surface area contributed by atoms with E-state index in [-0.39, 0.29) is 0 Å². The highest BCUT2D eigenvalue weighted by Gasteiger charge is 2.54. The van der Waals surface area contributed by atoms with Crippen molar-refractivity contribution < 1.29 is 14.2 Å². The molecule has 9 nitrogen and oxygen atoms in total. The van der Waals surface area contributed by atoms with Gasteiger partial charge in [-0.05, 0) is 19.9 Å².